The highest BCUT2D eigenvalue weighted by molar-refractivity contribution is 6.32. The molecule has 198 valence electrons. The summed E-state index contributed by atoms with van der Waals surface area (Å²) in [5.41, 5.74) is 2.01. The van der Waals surface area contributed by atoms with Crippen molar-refractivity contribution in [2.45, 2.75) is 32.9 Å². The molecule has 0 aliphatic heterocycles. The Labute approximate surface area is 224 Å². The lowest BCUT2D eigenvalue weighted by atomic mass is 10.2. The molecule has 4 rings (SSSR count). The number of alkyl carbamates (subject to hydrolysis) is 1. The average Bonchev–Trinajstić information content (AvgIpc) is 3.28. The van der Waals surface area contributed by atoms with E-state index in [-0.39, 0.29) is 0 Å². The lowest BCUT2D eigenvalue weighted by molar-refractivity contribution is 0.0525. The first-order chi connectivity index (χ1) is 18.1. The van der Waals surface area contributed by atoms with Gasteiger partial charge in [-0.2, -0.15) is 0 Å². The molecule has 0 unspecified atom stereocenters. The van der Waals surface area contributed by atoms with Gasteiger partial charge in [0.2, 0.25) is 0 Å². The van der Waals surface area contributed by atoms with Gasteiger partial charge in [0.05, 0.1) is 23.2 Å². The second-order valence-electron chi connectivity index (χ2n) is 9.29. The number of aromatic nitrogens is 3. The summed E-state index contributed by atoms with van der Waals surface area (Å²) in [7, 11) is 1.32. The zero-order valence-electron chi connectivity index (χ0n) is 21.4. The number of fused-ring (bicyclic) bond motifs is 1. The van der Waals surface area contributed by atoms with Gasteiger partial charge in [0.15, 0.2) is 5.82 Å². The number of nitrogens with zero attached hydrogens (tertiary/aromatic N) is 3. The molecule has 4 aromatic rings. The lowest BCUT2D eigenvalue weighted by Gasteiger charge is -2.19. The SMILES string of the molecule is COC(=O)c1cccc(Oc2ccc(Nc3ncnc4ccn(CCNC(=O)OC(C)(C)C)c34)cc2Cl)c1. The molecule has 0 saturated carbocycles. The number of halogens is 1. The molecule has 0 radical (unpaired) electrons. The molecule has 2 aromatic heterocycles. The third-order valence-electron chi connectivity index (χ3n) is 5.25. The molecule has 0 spiro atoms. The van der Waals surface area contributed by atoms with Crippen LogP contribution in [0.1, 0.15) is 31.1 Å². The highest BCUT2D eigenvalue weighted by Crippen LogP contribution is 2.33. The molecular formula is C27H28ClN5O5. The van der Waals surface area contributed by atoms with E-state index in [0.29, 0.717) is 46.7 Å². The second kappa shape index (κ2) is 11.4. The van der Waals surface area contributed by atoms with Crippen LogP contribution in [0.25, 0.3) is 11.0 Å². The van der Waals surface area contributed by atoms with Crippen molar-refractivity contribution in [1.29, 1.82) is 0 Å². The van der Waals surface area contributed by atoms with Crippen molar-refractivity contribution in [3.05, 3.63) is 71.6 Å². The Kier molecular flexibility index (Phi) is 8.02. The normalized spacial score (nSPS) is 11.2. The number of hydrogen-bond donors (Lipinski definition) is 2. The Morgan fingerprint density at radius 1 is 1.08 bits per heavy atom. The first-order valence-electron chi connectivity index (χ1n) is 11.8. The van der Waals surface area contributed by atoms with Crippen LogP contribution in [0.3, 0.4) is 0 Å². The Morgan fingerprint density at radius 2 is 1.89 bits per heavy atom. The van der Waals surface area contributed by atoms with E-state index in [4.69, 9.17) is 25.8 Å². The summed E-state index contributed by atoms with van der Waals surface area (Å²) in [5.74, 6) is 0.991. The predicted octanol–water partition coefficient (Wildman–Crippen LogP) is 5.93. The van der Waals surface area contributed by atoms with E-state index in [1.54, 1.807) is 42.5 Å². The number of hydrogen-bond acceptors (Lipinski definition) is 8. The molecule has 2 N–H and O–H groups in total. The average molecular weight is 538 g/mol. The summed E-state index contributed by atoms with van der Waals surface area (Å²) < 4.78 is 17.9. The molecule has 2 aromatic carbocycles. The van der Waals surface area contributed by atoms with E-state index in [0.717, 1.165) is 11.0 Å². The van der Waals surface area contributed by atoms with Gasteiger partial charge in [0, 0.05) is 25.0 Å². The summed E-state index contributed by atoms with van der Waals surface area (Å²) in [6, 6.07) is 13.8. The van der Waals surface area contributed by atoms with Gasteiger partial charge in [-0.15, -0.1) is 0 Å². The molecule has 0 atom stereocenters. The third-order valence-corrected chi connectivity index (χ3v) is 5.54. The van der Waals surface area contributed by atoms with Gasteiger partial charge in [0.1, 0.15) is 28.9 Å². The van der Waals surface area contributed by atoms with Gasteiger partial charge in [-0.05, 0) is 63.2 Å². The molecule has 0 aliphatic carbocycles. The molecule has 0 fully saturated rings. The first-order valence-corrected chi connectivity index (χ1v) is 12.2. The standard InChI is InChI=1S/C27H28ClN5O5/c1-27(2,3)38-26(35)29-11-13-33-12-10-21-23(33)24(31-16-30-21)32-18-8-9-22(20(28)15-18)37-19-7-5-6-17(14-19)25(34)36-4/h5-10,12,14-16H,11,13H2,1-4H3,(H,29,35)(H,30,31,32). The van der Waals surface area contributed by atoms with E-state index < -0.39 is 17.7 Å². The van der Waals surface area contributed by atoms with Gasteiger partial charge in [-0.3, -0.25) is 0 Å². The number of ether oxygens (including phenoxy) is 3. The van der Waals surface area contributed by atoms with Gasteiger partial charge in [-0.25, -0.2) is 19.6 Å². The Morgan fingerprint density at radius 3 is 2.63 bits per heavy atom. The fraction of sp³-hybridized carbons (Fsp3) is 0.259. The maximum Gasteiger partial charge on any atom is 0.407 e. The van der Waals surface area contributed by atoms with Crippen LogP contribution in [0, 0.1) is 0 Å². The number of carbonyl (C=O) groups is 2. The van der Waals surface area contributed by atoms with E-state index in [1.807, 2.05) is 37.6 Å². The van der Waals surface area contributed by atoms with Gasteiger partial charge < -0.3 is 29.4 Å². The van der Waals surface area contributed by atoms with Crippen LogP contribution in [0.5, 0.6) is 11.5 Å². The zero-order chi connectivity index (χ0) is 27.3. The molecule has 11 heteroatoms. The molecule has 0 bridgehead atoms. The first kappa shape index (κ1) is 26.7. The maximum atomic E-state index is 12.0. The molecule has 1 amide bonds. The van der Waals surface area contributed by atoms with Crippen LogP contribution in [0.4, 0.5) is 16.3 Å². The number of nitrogens with one attached hydrogen (secondary N) is 2. The van der Waals surface area contributed by atoms with Gasteiger partial charge in [-0.1, -0.05) is 17.7 Å². The smallest absolute Gasteiger partial charge is 0.407 e. The van der Waals surface area contributed by atoms with Crippen molar-refractivity contribution >= 4 is 46.2 Å². The van der Waals surface area contributed by atoms with Crippen LogP contribution in [0.15, 0.2) is 61.1 Å². The molecule has 10 nitrogen and oxygen atoms in total. The minimum absolute atomic E-state index is 0.362. The van der Waals surface area contributed by atoms with Crippen molar-refractivity contribution < 1.29 is 23.8 Å². The molecule has 0 aliphatic rings. The minimum Gasteiger partial charge on any atom is -0.465 e. The van der Waals surface area contributed by atoms with Crippen LogP contribution in [0.2, 0.25) is 5.02 Å². The maximum absolute atomic E-state index is 12.0. The quantitative estimate of drug-likeness (QED) is 0.265. The fourth-order valence-electron chi connectivity index (χ4n) is 3.63. The topological polar surface area (TPSA) is 117 Å². The zero-order valence-corrected chi connectivity index (χ0v) is 22.2. The van der Waals surface area contributed by atoms with Crippen molar-refractivity contribution in [3.63, 3.8) is 0 Å². The number of methoxy groups -OCH3 is 1. The number of rotatable bonds is 8. The number of carbonyl (C=O) groups excluding carboxylic acids is 2. The number of amides is 1. The second-order valence-corrected chi connectivity index (χ2v) is 9.69. The monoisotopic (exact) mass is 537 g/mol. The molecular weight excluding hydrogens is 510 g/mol. The molecule has 2 heterocycles. The Balaban J connectivity index is 1.47. The lowest BCUT2D eigenvalue weighted by Crippen LogP contribution is -2.34. The van der Waals surface area contributed by atoms with Gasteiger partial charge >= 0.3 is 12.1 Å². The summed E-state index contributed by atoms with van der Waals surface area (Å²) in [5, 5.41) is 6.40. The van der Waals surface area contributed by atoms with E-state index in [2.05, 4.69) is 20.6 Å². The van der Waals surface area contributed by atoms with Crippen molar-refractivity contribution in [2.24, 2.45) is 0 Å². The van der Waals surface area contributed by atoms with E-state index in [1.165, 1.54) is 13.4 Å². The van der Waals surface area contributed by atoms with Crippen molar-refractivity contribution in [1.82, 2.24) is 19.9 Å². The van der Waals surface area contributed by atoms with Crippen LogP contribution in [-0.2, 0) is 16.0 Å². The van der Waals surface area contributed by atoms with Crippen LogP contribution in [-0.4, -0.2) is 45.9 Å². The largest absolute Gasteiger partial charge is 0.465 e. The number of benzene rings is 2. The van der Waals surface area contributed by atoms with E-state index >= 15 is 0 Å². The fourth-order valence-corrected chi connectivity index (χ4v) is 3.85. The van der Waals surface area contributed by atoms with Crippen molar-refractivity contribution in [2.75, 3.05) is 19.0 Å². The Bertz CT molecular complexity index is 1460. The summed E-state index contributed by atoms with van der Waals surface area (Å²) >= 11 is 6.50. The van der Waals surface area contributed by atoms with Crippen LogP contribution < -0.4 is 15.4 Å². The highest BCUT2D eigenvalue weighted by atomic mass is 35.5. The molecule has 0 saturated heterocycles. The van der Waals surface area contributed by atoms with Crippen molar-refractivity contribution in [3.8, 4) is 11.5 Å². The number of esters is 1. The highest BCUT2D eigenvalue weighted by Gasteiger charge is 2.16. The summed E-state index contributed by atoms with van der Waals surface area (Å²) in [4.78, 5) is 32.5. The Hall–Kier alpha value is -4.31. The van der Waals surface area contributed by atoms with Gasteiger partial charge in [0.25, 0.3) is 0 Å². The van der Waals surface area contributed by atoms with Crippen LogP contribution >= 0.6 is 11.6 Å². The summed E-state index contributed by atoms with van der Waals surface area (Å²) in [6.45, 7) is 6.30. The van der Waals surface area contributed by atoms with E-state index in [9.17, 15) is 9.59 Å². The summed E-state index contributed by atoms with van der Waals surface area (Å²) in [6.07, 6.45) is 2.88. The minimum atomic E-state index is -0.565. The number of anilines is 2. The predicted molar refractivity (Wildman–Crippen MR) is 144 cm³/mol. The third kappa shape index (κ3) is 6.71. The molecule has 38 heavy (non-hydrogen) atoms.